The first-order valence-electron chi connectivity index (χ1n) is 8.75. The van der Waals surface area contributed by atoms with Gasteiger partial charge in [-0.3, -0.25) is 4.79 Å². The van der Waals surface area contributed by atoms with Crippen molar-refractivity contribution in [2.45, 2.75) is 13.3 Å². The average Bonchev–Trinajstić information content (AvgIpc) is 3.13. The van der Waals surface area contributed by atoms with Gasteiger partial charge < -0.3 is 19.2 Å². The molecule has 1 amide bonds. The summed E-state index contributed by atoms with van der Waals surface area (Å²) in [6.45, 7) is 2.22. The Morgan fingerprint density at radius 3 is 2.93 bits per heavy atom. The van der Waals surface area contributed by atoms with E-state index in [1.807, 2.05) is 49.4 Å². The molecule has 0 unspecified atom stereocenters. The van der Waals surface area contributed by atoms with Gasteiger partial charge in [-0.25, -0.2) is 4.98 Å². The normalized spacial score (nSPS) is 15.6. The van der Waals surface area contributed by atoms with Crippen molar-refractivity contribution in [2.24, 2.45) is 5.92 Å². The van der Waals surface area contributed by atoms with E-state index in [9.17, 15) is 4.79 Å². The standard InChI is InChI=1S/C21H20N2O4/c1-13-11-27-21(22-13)14-4-3-5-17(9-14)23-20(24)16-8-15-10-18(25-2)6-7-19(15)26-12-16/h3-7,9-11,16H,8,12H2,1-2H3,(H,23,24)/t16-/m0/s1. The molecule has 27 heavy (non-hydrogen) atoms. The maximum atomic E-state index is 12.7. The van der Waals surface area contributed by atoms with Crippen LogP contribution in [0.2, 0.25) is 0 Å². The highest BCUT2D eigenvalue weighted by atomic mass is 16.5. The molecule has 138 valence electrons. The van der Waals surface area contributed by atoms with E-state index in [1.54, 1.807) is 13.4 Å². The number of amides is 1. The van der Waals surface area contributed by atoms with Crippen LogP contribution < -0.4 is 14.8 Å². The van der Waals surface area contributed by atoms with Crippen molar-refractivity contribution in [2.75, 3.05) is 19.0 Å². The molecule has 6 heteroatoms. The zero-order valence-electron chi connectivity index (χ0n) is 15.2. The summed E-state index contributed by atoms with van der Waals surface area (Å²) in [6, 6.07) is 13.1. The Labute approximate surface area is 157 Å². The van der Waals surface area contributed by atoms with Crippen LogP contribution in [0.4, 0.5) is 5.69 Å². The van der Waals surface area contributed by atoms with Gasteiger partial charge in [-0.1, -0.05) is 6.07 Å². The Bertz CT molecular complexity index is 980. The van der Waals surface area contributed by atoms with E-state index < -0.39 is 0 Å². The lowest BCUT2D eigenvalue weighted by Gasteiger charge is -2.25. The molecule has 0 bridgehead atoms. The van der Waals surface area contributed by atoms with E-state index in [-0.39, 0.29) is 11.8 Å². The Kier molecular flexibility index (Phi) is 4.54. The fraction of sp³-hybridized carbons (Fsp3) is 0.238. The van der Waals surface area contributed by atoms with Crippen molar-refractivity contribution in [3.8, 4) is 23.0 Å². The molecule has 3 aromatic rings. The number of fused-ring (bicyclic) bond motifs is 1. The number of rotatable bonds is 4. The van der Waals surface area contributed by atoms with Crippen LogP contribution in [0.3, 0.4) is 0 Å². The van der Waals surface area contributed by atoms with E-state index in [1.165, 1.54) is 0 Å². The van der Waals surface area contributed by atoms with Crippen molar-refractivity contribution in [3.63, 3.8) is 0 Å². The van der Waals surface area contributed by atoms with Crippen molar-refractivity contribution < 1.29 is 18.7 Å². The highest BCUT2D eigenvalue weighted by molar-refractivity contribution is 5.93. The zero-order valence-corrected chi connectivity index (χ0v) is 15.2. The Hall–Kier alpha value is -3.28. The predicted octanol–water partition coefficient (Wildman–Crippen LogP) is 3.85. The van der Waals surface area contributed by atoms with Crippen LogP contribution in [-0.4, -0.2) is 24.6 Å². The summed E-state index contributed by atoms with van der Waals surface area (Å²) in [7, 11) is 1.62. The number of aryl methyl sites for hydroxylation is 1. The van der Waals surface area contributed by atoms with Gasteiger partial charge in [-0.15, -0.1) is 0 Å². The molecular formula is C21H20N2O4. The number of anilines is 1. The topological polar surface area (TPSA) is 73.6 Å². The van der Waals surface area contributed by atoms with Gasteiger partial charge in [-0.2, -0.15) is 0 Å². The summed E-state index contributed by atoms with van der Waals surface area (Å²) in [4.78, 5) is 17.0. The number of benzene rings is 2. The van der Waals surface area contributed by atoms with Crippen LogP contribution in [-0.2, 0) is 11.2 Å². The van der Waals surface area contributed by atoms with Crippen molar-refractivity contribution >= 4 is 11.6 Å². The molecule has 1 atom stereocenters. The SMILES string of the molecule is COc1ccc2c(c1)C[C@H](C(=O)Nc1cccc(-c3nc(C)co3)c1)CO2. The first kappa shape index (κ1) is 17.1. The van der Waals surface area contributed by atoms with Gasteiger partial charge in [0.25, 0.3) is 0 Å². The first-order chi connectivity index (χ1) is 13.1. The number of carbonyl (C=O) groups is 1. The van der Waals surface area contributed by atoms with Crippen LogP contribution in [0.1, 0.15) is 11.3 Å². The minimum atomic E-state index is -0.266. The molecule has 0 saturated carbocycles. The molecule has 4 rings (SSSR count). The summed E-state index contributed by atoms with van der Waals surface area (Å²) >= 11 is 0. The molecule has 0 fully saturated rings. The number of ether oxygens (including phenoxy) is 2. The van der Waals surface area contributed by atoms with Crippen molar-refractivity contribution in [3.05, 3.63) is 60.0 Å². The second-order valence-corrected chi connectivity index (χ2v) is 6.55. The smallest absolute Gasteiger partial charge is 0.231 e. The average molecular weight is 364 g/mol. The van der Waals surface area contributed by atoms with E-state index in [4.69, 9.17) is 13.9 Å². The third-order valence-electron chi connectivity index (χ3n) is 4.54. The largest absolute Gasteiger partial charge is 0.497 e. The number of carbonyl (C=O) groups excluding carboxylic acids is 1. The van der Waals surface area contributed by atoms with Crippen molar-refractivity contribution in [1.82, 2.24) is 4.98 Å². The molecule has 1 aromatic heterocycles. The lowest BCUT2D eigenvalue weighted by molar-refractivity contribution is -0.121. The number of oxazole rings is 1. The molecule has 6 nitrogen and oxygen atoms in total. The number of hydrogen-bond donors (Lipinski definition) is 1. The van der Waals surface area contributed by atoms with Gasteiger partial charge in [0.2, 0.25) is 11.8 Å². The molecule has 0 radical (unpaired) electrons. The molecule has 0 aliphatic carbocycles. The molecule has 2 heterocycles. The van der Waals surface area contributed by atoms with Gasteiger partial charge in [0, 0.05) is 11.3 Å². The molecule has 0 saturated heterocycles. The van der Waals surface area contributed by atoms with E-state index >= 15 is 0 Å². The fourth-order valence-corrected chi connectivity index (χ4v) is 3.13. The lowest BCUT2D eigenvalue weighted by atomic mass is 9.95. The van der Waals surface area contributed by atoms with Crippen LogP contribution in [0.15, 0.2) is 53.1 Å². The van der Waals surface area contributed by atoms with Gasteiger partial charge in [0.05, 0.1) is 18.7 Å². The summed E-state index contributed by atoms with van der Waals surface area (Å²) in [5.41, 5.74) is 3.30. The molecular weight excluding hydrogens is 344 g/mol. The highest BCUT2D eigenvalue weighted by Crippen LogP contribution is 2.31. The fourth-order valence-electron chi connectivity index (χ4n) is 3.13. The summed E-state index contributed by atoms with van der Waals surface area (Å²) in [5.74, 6) is 1.75. The number of aromatic nitrogens is 1. The number of nitrogens with zero attached hydrogens (tertiary/aromatic N) is 1. The predicted molar refractivity (Wildman–Crippen MR) is 101 cm³/mol. The zero-order chi connectivity index (χ0) is 18.8. The maximum absolute atomic E-state index is 12.7. The third kappa shape index (κ3) is 3.65. The monoisotopic (exact) mass is 364 g/mol. The summed E-state index contributed by atoms with van der Waals surface area (Å²) in [5, 5.41) is 2.97. The quantitative estimate of drug-likeness (QED) is 0.761. The van der Waals surface area contributed by atoms with E-state index in [0.29, 0.717) is 24.6 Å². The second-order valence-electron chi connectivity index (χ2n) is 6.55. The Morgan fingerprint density at radius 1 is 1.26 bits per heavy atom. The second kappa shape index (κ2) is 7.15. The van der Waals surface area contributed by atoms with Gasteiger partial charge in [0.15, 0.2) is 0 Å². The molecule has 1 N–H and O–H groups in total. The van der Waals surface area contributed by atoms with Gasteiger partial charge in [0.1, 0.15) is 24.4 Å². The maximum Gasteiger partial charge on any atom is 0.231 e. The number of methoxy groups -OCH3 is 1. The summed E-state index contributed by atoms with van der Waals surface area (Å²) in [6.07, 6.45) is 2.21. The van der Waals surface area contributed by atoms with Gasteiger partial charge in [-0.05, 0) is 55.3 Å². The lowest BCUT2D eigenvalue weighted by Crippen LogP contribution is -2.32. The Balaban J connectivity index is 1.48. The van der Waals surface area contributed by atoms with Crippen LogP contribution in [0.5, 0.6) is 11.5 Å². The summed E-state index contributed by atoms with van der Waals surface area (Å²) < 4.78 is 16.4. The minimum Gasteiger partial charge on any atom is -0.497 e. The highest BCUT2D eigenvalue weighted by Gasteiger charge is 2.26. The van der Waals surface area contributed by atoms with Crippen molar-refractivity contribution in [1.29, 1.82) is 0 Å². The van der Waals surface area contributed by atoms with Gasteiger partial charge >= 0.3 is 0 Å². The minimum absolute atomic E-state index is 0.0794. The molecule has 1 aliphatic heterocycles. The number of nitrogens with one attached hydrogen (secondary N) is 1. The van der Waals surface area contributed by atoms with Crippen LogP contribution >= 0.6 is 0 Å². The van der Waals surface area contributed by atoms with Crippen LogP contribution in [0.25, 0.3) is 11.5 Å². The van der Waals surface area contributed by atoms with E-state index in [2.05, 4.69) is 10.3 Å². The molecule has 0 spiro atoms. The van der Waals surface area contributed by atoms with Crippen LogP contribution in [0, 0.1) is 12.8 Å². The molecule has 1 aliphatic rings. The first-order valence-corrected chi connectivity index (χ1v) is 8.75. The third-order valence-corrected chi connectivity index (χ3v) is 4.54. The number of hydrogen-bond acceptors (Lipinski definition) is 5. The Morgan fingerprint density at radius 2 is 2.15 bits per heavy atom. The van der Waals surface area contributed by atoms with E-state index in [0.717, 1.165) is 28.3 Å². The molecule has 2 aromatic carbocycles.